The maximum atomic E-state index is 12.6. The Morgan fingerprint density at radius 2 is 1.71 bits per heavy atom. The molecular formula is C12H22F6N2O. The van der Waals surface area contributed by atoms with Crippen molar-refractivity contribution in [3.05, 3.63) is 0 Å². The molecule has 1 fully saturated rings. The van der Waals surface area contributed by atoms with Crippen LogP contribution in [0.4, 0.5) is 26.3 Å². The van der Waals surface area contributed by atoms with Crippen LogP contribution in [0.3, 0.4) is 0 Å². The van der Waals surface area contributed by atoms with Crippen LogP contribution in [0.25, 0.3) is 0 Å². The van der Waals surface area contributed by atoms with Gasteiger partial charge in [0.05, 0.1) is 12.5 Å². The van der Waals surface area contributed by atoms with Crippen LogP contribution < -0.4 is 5.32 Å². The quantitative estimate of drug-likeness (QED) is 0.787. The van der Waals surface area contributed by atoms with Crippen LogP contribution in [-0.4, -0.2) is 56.8 Å². The van der Waals surface area contributed by atoms with Crippen LogP contribution in [0.2, 0.25) is 0 Å². The van der Waals surface area contributed by atoms with E-state index in [1.54, 1.807) is 0 Å². The number of hydrogen-bond acceptors (Lipinski definition) is 3. The highest BCUT2D eigenvalue weighted by atomic mass is 19.4. The normalized spacial score (nSPS) is 23.1. The molecule has 0 bridgehead atoms. The third kappa shape index (κ3) is 8.47. The zero-order valence-corrected chi connectivity index (χ0v) is 12.3. The van der Waals surface area contributed by atoms with Crippen LogP contribution in [0.1, 0.15) is 20.3 Å². The van der Waals surface area contributed by atoms with Gasteiger partial charge in [0, 0.05) is 19.1 Å². The second-order valence-corrected chi connectivity index (χ2v) is 4.55. The lowest BCUT2D eigenvalue weighted by molar-refractivity contribution is -0.324. The lowest BCUT2D eigenvalue weighted by Gasteiger charge is -2.26. The molecule has 1 heterocycles. The summed E-state index contributed by atoms with van der Waals surface area (Å²) in [5.41, 5.74) is 0. The molecular weight excluding hydrogens is 302 g/mol. The first-order valence-corrected chi connectivity index (χ1v) is 6.79. The number of nitrogens with zero attached hydrogens (tertiary/aromatic N) is 1. The molecule has 1 rings (SSSR count). The molecule has 21 heavy (non-hydrogen) atoms. The molecule has 3 nitrogen and oxygen atoms in total. The second-order valence-electron chi connectivity index (χ2n) is 4.55. The molecule has 0 aromatic heterocycles. The molecule has 0 radical (unpaired) electrons. The number of rotatable bonds is 5. The van der Waals surface area contributed by atoms with Crippen molar-refractivity contribution in [2.24, 2.45) is 5.92 Å². The van der Waals surface area contributed by atoms with Crippen LogP contribution in [-0.2, 0) is 4.74 Å². The zero-order chi connectivity index (χ0) is 16.7. The Bertz CT molecular complexity index is 282. The Hall–Kier alpha value is -0.540. The zero-order valence-electron chi connectivity index (χ0n) is 12.3. The van der Waals surface area contributed by atoms with Gasteiger partial charge in [0.25, 0.3) is 0 Å². The first-order chi connectivity index (χ1) is 9.59. The Morgan fingerprint density at radius 1 is 1.14 bits per heavy atom. The van der Waals surface area contributed by atoms with Gasteiger partial charge >= 0.3 is 12.5 Å². The van der Waals surface area contributed by atoms with Crippen molar-refractivity contribution in [3.8, 4) is 0 Å². The number of halogens is 6. The summed E-state index contributed by atoms with van der Waals surface area (Å²) in [5, 5.41) is 2.73. The van der Waals surface area contributed by atoms with Crippen molar-refractivity contribution in [1.29, 1.82) is 0 Å². The first kappa shape index (κ1) is 20.5. The molecule has 0 saturated carbocycles. The van der Waals surface area contributed by atoms with E-state index in [-0.39, 0.29) is 26.1 Å². The summed E-state index contributed by atoms with van der Waals surface area (Å²) in [7, 11) is 1.47. The molecule has 0 spiro atoms. The second kappa shape index (κ2) is 8.79. The minimum Gasteiger partial charge on any atom is -0.312 e. The average molecular weight is 324 g/mol. The number of alkyl halides is 6. The third-order valence-corrected chi connectivity index (χ3v) is 3.02. The number of hydrogen-bond donors (Lipinski definition) is 1. The van der Waals surface area contributed by atoms with E-state index in [0.717, 1.165) is 0 Å². The predicted octanol–water partition coefficient (Wildman–Crippen LogP) is 3.02. The lowest BCUT2D eigenvalue weighted by Crippen LogP contribution is -2.44. The van der Waals surface area contributed by atoms with Gasteiger partial charge in [0.15, 0.2) is 0 Å². The summed E-state index contributed by atoms with van der Waals surface area (Å²) >= 11 is 0. The minimum absolute atomic E-state index is 0.00105. The Kier molecular flexibility index (Phi) is 8.57. The van der Waals surface area contributed by atoms with Gasteiger partial charge in [-0.05, 0) is 20.0 Å². The fourth-order valence-corrected chi connectivity index (χ4v) is 2.10. The van der Waals surface area contributed by atoms with Gasteiger partial charge < -0.3 is 10.2 Å². The minimum atomic E-state index is -4.71. The maximum Gasteiger partial charge on any atom is 0.522 e. The summed E-state index contributed by atoms with van der Waals surface area (Å²) in [6, 6.07) is -0.782. The van der Waals surface area contributed by atoms with Crippen molar-refractivity contribution in [3.63, 3.8) is 0 Å². The van der Waals surface area contributed by atoms with E-state index >= 15 is 0 Å². The molecule has 1 N–H and O–H groups in total. The summed E-state index contributed by atoms with van der Waals surface area (Å²) < 4.78 is 76.7. The van der Waals surface area contributed by atoms with Gasteiger partial charge in [0.2, 0.25) is 0 Å². The highest BCUT2D eigenvalue weighted by Crippen LogP contribution is 2.34. The molecule has 128 valence electrons. The van der Waals surface area contributed by atoms with E-state index in [0.29, 0.717) is 0 Å². The number of likely N-dealkylation sites (N-methyl/N-ethyl adjacent to an activating group) is 1. The summed E-state index contributed by atoms with van der Waals surface area (Å²) in [6.45, 7) is 3.62. The van der Waals surface area contributed by atoms with Gasteiger partial charge in [-0.3, -0.25) is 4.74 Å². The molecule has 0 aromatic carbocycles. The van der Waals surface area contributed by atoms with Crippen LogP contribution in [0.15, 0.2) is 0 Å². The molecule has 1 saturated heterocycles. The number of ether oxygens (including phenoxy) is 1. The Labute approximate surface area is 120 Å². The van der Waals surface area contributed by atoms with E-state index < -0.39 is 31.1 Å². The molecule has 1 aliphatic rings. The van der Waals surface area contributed by atoms with Gasteiger partial charge in [-0.25, -0.2) is 0 Å². The van der Waals surface area contributed by atoms with E-state index in [1.807, 2.05) is 13.8 Å². The fourth-order valence-electron chi connectivity index (χ4n) is 2.10. The average Bonchev–Trinajstić information content (AvgIpc) is 2.77. The molecule has 0 aromatic rings. The predicted molar refractivity (Wildman–Crippen MR) is 66.8 cm³/mol. The lowest BCUT2D eigenvalue weighted by atomic mass is 10.00. The van der Waals surface area contributed by atoms with Crippen LogP contribution in [0.5, 0.6) is 0 Å². The Morgan fingerprint density at radius 3 is 2.19 bits per heavy atom. The molecule has 2 atom stereocenters. The van der Waals surface area contributed by atoms with Crippen LogP contribution in [0, 0.1) is 5.92 Å². The van der Waals surface area contributed by atoms with Crippen molar-refractivity contribution < 1.29 is 31.1 Å². The summed E-state index contributed by atoms with van der Waals surface area (Å²) in [6.07, 6.45) is -8.99. The fraction of sp³-hybridized carbons (Fsp3) is 1.00. The standard InChI is InChI=1S/C10H16F6N2O.C2H6/c1-18(4-5-19-10(14,15)16)6-8-7(2-3-17-8)9(11,12)13;1-2/h7-8,17H,2-6H2,1H3;1-2H3. The highest BCUT2D eigenvalue weighted by Gasteiger charge is 2.47. The van der Waals surface area contributed by atoms with Crippen molar-refractivity contribution in [2.45, 2.75) is 38.8 Å². The van der Waals surface area contributed by atoms with E-state index in [4.69, 9.17) is 0 Å². The Balaban J connectivity index is 0.00000191. The van der Waals surface area contributed by atoms with Crippen LogP contribution >= 0.6 is 0 Å². The summed E-state index contributed by atoms with van der Waals surface area (Å²) in [5.74, 6) is -1.45. The van der Waals surface area contributed by atoms with Gasteiger partial charge in [0.1, 0.15) is 0 Å². The number of nitrogens with one attached hydrogen (secondary N) is 1. The maximum absolute atomic E-state index is 12.6. The van der Waals surface area contributed by atoms with Crippen molar-refractivity contribution >= 4 is 0 Å². The molecule has 9 heteroatoms. The summed E-state index contributed by atoms with van der Waals surface area (Å²) in [4.78, 5) is 1.40. The van der Waals surface area contributed by atoms with E-state index in [9.17, 15) is 26.3 Å². The topological polar surface area (TPSA) is 24.5 Å². The smallest absolute Gasteiger partial charge is 0.312 e. The van der Waals surface area contributed by atoms with Crippen molar-refractivity contribution in [1.82, 2.24) is 10.2 Å². The van der Waals surface area contributed by atoms with E-state index in [2.05, 4.69) is 10.1 Å². The SMILES string of the molecule is CC.CN(CCOC(F)(F)F)CC1NCCC1C(F)(F)F. The van der Waals surface area contributed by atoms with Gasteiger partial charge in [-0.15, -0.1) is 13.2 Å². The van der Waals surface area contributed by atoms with E-state index in [1.165, 1.54) is 11.9 Å². The monoisotopic (exact) mass is 324 g/mol. The largest absolute Gasteiger partial charge is 0.522 e. The van der Waals surface area contributed by atoms with Crippen molar-refractivity contribution in [2.75, 3.05) is 33.3 Å². The molecule has 0 amide bonds. The van der Waals surface area contributed by atoms with Gasteiger partial charge in [-0.2, -0.15) is 13.2 Å². The highest BCUT2D eigenvalue weighted by molar-refractivity contribution is 4.89. The van der Waals surface area contributed by atoms with Gasteiger partial charge in [-0.1, -0.05) is 13.8 Å². The molecule has 2 unspecified atom stereocenters. The third-order valence-electron chi connectivity index (χ3n) is 3.02. The first-order valence-electron chi connectivity index (χ1n) is 6.79. The molecule has 0 aliphatic carbocycles. The molecule has 1 aliphatic heterocycles.